The molecule has 0 aromatic heterocycles. The topological polar surface area (TPSA) is 0 Å². The van der Waals surface area contributed by atoms with Crippen molar-refractivity contribution in [3.63, 3.8) is 0 Å². The normalized spacial score (nSPS) is 40.4. The number of alkyl halides is 1. The van der Waals surface area contributed by atoms with Gasteiger partial charge in [0.1, 0.15) is 0 Å². The van der Waals surface area contributed by atoms with Crippen LogP contribution in [-0.4, -0.2) is 5.88 Å². The average molecular weight is 265 g/mol. The molecule has 0 N–H and O–H groups in total. The van der Waals surface area contributed by atoms with Crippen LogP contribution in [0.3, 0.4) is 0 Å². The highest BCUT2D eigenvalue weighted by atomic mass is 35.5. The van der Waals surface area contributed by atoms with E-state index in [0.29, 0.717) is 10.8 Å². The first-order chi connectivity index (χ1) is 8.57. The first kappa shape index (κ1) is 13.9. The first-order valence-corrected chi connectivity index (χ1v) is 7.63. The molecule has 2 aliphatic carbocycles. The van der Waals surface area contributed by atoms with E-state index in [-0.39, 0.29) is 0 Å². The lowest BCUT2D eigenvalue weighted by Gasteiger charge is -2.44. The molecule has 0 amide bonds. The van der Waals surface area contributed by atoms with E-state index in [9.17, 15) is 0 Å². The second-order valence-corrected chi connectivity index (χ2v) is 6.84. The molecule has 0 radical (unpaired) electrons. The molecule has 2 saturated carbocycles. The van der Waals surface area contributed by atoms with E-state index in [2.05, 4.69) is 38.7 Å². The standard InChI is InChI=1S/C17H25Cl/c1-4-6-15(7-5-2)17-9-8-14(11-17)10-16(3,12-17)13-18/h4-7,14H,1,8-13H2,2-3H3/b7-5-,15-6+. The lowest BCUT2D eigenvalue weighted by Crippen LogP contribution is -2.36. The number of fused-ring (bicyclic) bond motifs is 2. The molecule has 0 spiro atoms. The van der Waals surface area contributed by atoms with Gasteiger partial charge >= 0.3 is 0 Å². The molecule has 1 heteroatoms. The van der Waals surface area contributed by atoms with Gasteiger partial charge in [-0.2, -0.15) is 0 Å². The van der Waals surface area contributed by atoms with Gasteiger partial charge in [-0.3, -0.25) is 0 Å². The maximum absolute atomic E-state index is 6.24. The smallest absolute Gasteiger partial charge is 0.0277 e. The highest BCUT2D eigenvalue weighted by molar-refractivity contribution is 6.18. The molecule has 2 bridgehead atoms. The Morgan fingerprint density at radius 1 is 1.44 bits per heavy atom. The highest BCUT2D eigenvalue weighted by Crippen LogP contribution is 2.61. The lowest BCUT2D eigenvalue weighted by atomic mass is 9.61. The molecule has 0 aliphatic heterocycles. The largest absolute Gasteiger partial charge is 0.126 e. The SMILES string of the molecule is C=C/C=C(\C=C/C)C12CCC(CC(C)(CCl)C1)C2. The third-order valence-electron chi connectivity index (χ3n) is 4.84. The Balaban J connectivity index is 2.34. The van der Waals surface area contributed by atoms with Crippen LogP contribution in [-0.2, 0) is 0 Å². The van der Waals surface area contributed by atoms with E-state index in [1.54, 1.807) is 0 Å². The monoisotopic (exact) mass is 264 g/mol. The minimum absolute atomic E-state index is 0.322. The summed E-state index contributed by atoms with van der Waals surface area (Å²) in [6, 6.07) is 0. The van der Waals surface area contributed by atoms with Crippen molar-refractivity contribution in [3.05, 3.63) is 36.5 Å². The van der Waals surface area contributed by atoms with Crippen LogP contribution in [0.2, 0.25) is 0 Å². The Labute approximate surface area is 117 Å². The van der Waals surface area contributed by atoms with Crippen molar-refractivity contribution in [1.82, 2.24) is 0 Å². The minimum Gasteiger partial charge on any atom is -0.126 e. The number of halogens is 1. The van der Waals surface area contributed by atoms with Crippen molar-refractivity contribution >= 4 is 11.6 Å². The van der Waals surface area contributed by atoms with Crippen molar-refractivity contribution in [1.29, 1.82) is 0 Å². The number of rotatable bonds is 4. The summed E-state index contributed by atoms with van der Waals surface area (Å²) in [5.74, 6) is 1.67. The van der Waals surface area contributed by atoms with Crippen molar-refractivity contribution in [2.75, 3.05) is 5.88 Å². The van der Waals surface area contributed by atoms with Crippen LogP contribution in [0, 0.1) is 16.7 Å². The predicted octanol–water partition coefficient (Wildman–Crippen LogP) is 5.50. The molecule has 2 aliphatic rings. The van der Waals surface area contributed by atoms with Crippen LogP contribution >= 0.6 is 11.6 Å². The molecule has 18 heavy (non-hydrogen) atoms. The lowest BCUT2D eigenvalue weighted by molar-refractivity contribution is 0.125. The van der Waals surface area contributed by atoms with E-state index in [4.69, 9.17) is 11.6 Å². The van der Waals surface area contributed by atoms with E-state index in [0.717, 1.165) is 11.8 Å². The summed E-state index contributed by atoms with van der Waals surface area (Å²) in [5, 5.41) is 0. The minimum atomic E-state index is 0.322. The molecule has 0 nitrogen and oxygen atoms in total. The van der Waals surface area contributed by atoms with Gasteiger partial charge in [0.05, 0.1) is 0 Å². The molecule has 0 aromatic rings. The van der Waals surface area contributed by atoms with E-state index >= 15 is 0 Å². The van der Waals surface area contributed by atoms with Gasteiger partial charge in [0.15, 0.2) is 0 Å². The van der Waals surface area contributed by atoms with E-state index < -0.39 is 0 Å². The average Bonchev–Trinajstić information content (AvgIpc) is 2.67. The van der Waals surface area contributed by atoms with Gasteiger partial charge in [-0.25, -0.2) is 0 Å². The molecular formula is C17H25Cl. The highest BCUT2D eigenvalue weighted by Gasteiger charge is 2.50. The molecule has 2 fully saturated rings. The van der Waals surface area contributed by atoms with Crippen LogP contribution in [0.4, 0.5) is 0 Å². The predicted molar refractivity (Wildman–Crippen MR) is 80.9 cm³/mol. The van der Waals surface area contributed by atoms with Crippen molar-refractivity contribution in [2.45, 2.75) is 46.0 Å². The fraction of sp³-hybridized carbons (Fsp3) is 0.647. The fourth-order valence-corrected chi connectivity index (χ4v) is 4.54. The molecule has 0 saturated heterocycles. The Bertz CT molecular complexity index is 379. The first-order valence-electron chi connectivity index (χ1n) is 7.09. The van der Waals surface area contributed by atoms with E-state index in [1.165, 1.54) is 37.7 Å². The van der Waals surface area contributed by atoms with Gasteiger partial charge in [0.2, 0.25) is 0 Å². The van der Waals surface area contributed by atoms with Crippen LogP contribution in [0.1, 0.15) is 46.0 Å². The second kappa shape index (κ2) is 5.25. The molecule has 0 aromatic carbocycles. The van der Waals surface area contributed by atoms with Gasteiger partial charge < -0.3 is 0 Å². The Morgan fingerprint density at radius 2 is 2.22 bits per heavy atom. The van der Waals surface area contributed by atoms with Crippen molar-refractivity contribution in [3.8, 4) is 0 Å². The maximum atomic E-state index is 6.24. The number of hydrogen-bond donors (Lipinski definition) is 0. The van der Waals surface area contributed by atoms with Gasteiger partial charge in [-0.15, -0.1) is 11.6 Å². The maximum Gasteiger partial charge on any atom is 0.0277 e. The Morgan fingerprint density at radius 3 is 2.83 bits per heavy atom. The molecule has 3 unspecified atom stereocenters. The number of hydrogen-bond acceptors (Lipinski definition) is 0. The summed E-state index contributed by atoms with van der Waals surface area (Å²) < 4.78 is 0. The summed E-state index contributed by atoms with van der Waals surface area (Å²) in [5.41, 5.74) is 2.16. The van der Waals surface area contributed by atoms with Crippen LogP contribution in [0.15, 0.2) is 36.5 Å². The van der Waals surface area contributed by atoms with Crippen molar-refractivity contribution in [2.24, 2.45) is 16.7 Å². The third-order valence-corrected chi connectivity index (χ3v) is 5.48. The van der Waals surface area contributed by atoms with E-state index in [1.807, 2.05) is 6.08 Å². The summed E-state index contributed by atoms with van der Waals surface area (Å²) in [6.45, 7) is 8.35. The van der Waals surface area contributed by atoms with Gasteiger partial charge in [0, 0.05) is 5.88 Å². The zero-order valence-electron chi connectivity index (χ0n) is 11.7. The number of allylic oxidation sites excluding steroid dienone is 5. The zero-order valence-corrected chi connectivity index (χ0v) is 12.5. The summed E-state index contributed by atoms with van der Waals surface area (Å²) >= 11 is 6.24. The summed E-state index contributed by atoms with van der Waals surface area (Å²) in [6.07, 6.45) is 15.2. The Kier molecular flexibility index (Phi) is 4.06. The fourth-order valence-electron chi connectivity index (χ4n) is 4.34. The molecule has 2 rings (SSSR count). The van der Waals surface area contributed by atoms with Crippen molar-refractivity contribution < 1.29 is 0 Å². The quantitative estimate of drug-likeness (QED) is 0.465. The van der Waals surface area contributed by atoms with Crippen LogP contribution in [0.25, 0.3) is 0 Å². The molecular weight excluding hydrogens is 240 g/mol. The van der Waals surface area contributed by atoms with Crippen LogP contribution < -0.4 is 0 Å². The zero-order chi connectivity index (χ0) is 13.2. The molecule has 0 heterocycles. The second-order valence-electron chi connectivity index (χ2n) is 6.57. The summed E-state index contributed by atoms with van der Waals surface area (Å²) in [7, 11) is 0. The summed E-state index contributed by atoms with van der Waals surface area (Å²) in [4.78, 5) is 0. The Hall–Kier alpha value is -0.490. The van der Waals surface area contributed by atoms with Gasteiger partial charge in [0.25, 0.3) is 0 Å². The molecule has 100 valence electrons. The third kappa shape index (κ3) is 2.45. The van der Waals surface area contributed by atoms with Crippen LogP contribution in [0.5, 0.6) is 0 Å². The van der Waals surface area contributed by atoms with Gasteiger partial charge in [-0.05, 0) is 61.3 Å². The molecule has 3 atom stereocenters. The van der Waals surface area contributed by atoms with Gasteiger partial charge in [-0.1, -0.05) is 37.8 Å².